The van der Waals surface area contributed by atoms with Crippen molar-refractivity contribution >= 4 is 35.1 Å². The molecule has 1 aromatic rings. The number of nitrogens with one attached hydrogen (secondary N) is 1. The summed E-state index contributed by atoms with van der Waals surface area (Å²) in [5, 5.41) is 2.89. The first-order chi connectivity index (χ1) is 9.04. The summed E-state index contributed by atoms with van der Waals surface area (Å²) in [5.41, 5.74) is 0.149. The van der Waals surface area contributed by atoms with Gasteiger partial charge in [0.15, 0.2) is 6.61 Å². The van der Waals surface area contributed by atoms with Crippen LogP contribution in [-0.4, -0.2) is 30.0 Å². The van der Waals surface area contributed by atoms with E-state index in [0.717, 1.165) is 12.8 Å². The van der Waals surface area contributed by atoms with Crippen LogP contribution >= 0.6 is 23.2 Å². The minimum absolute atomic E-state index is 0.107. The predicted octanol–water partition coefficient (Wildman–Crippen LogP) is 2.46. The molecule has 1 N–H and O–H groups in total. The number of hydrogen-bond donors (Lipinski definition) is 1. The van der Waals surface area contributed by atoms with Crippen molar-refractivity contribution in [3.05, 3.63) is 28.0 Å². The standard InChI is InChI=1S/C12H14Cl2N2O3/c1-2-3-4-15-10(17)7-19-12(18)8-5-9(13)11(14)16-6-8/h5-6H,2-4,7H2,1H3,(H,15,17). The highest BCUT2D eigenvalue weighted by Gasteiger charge is 2.12. The van der Waals surface area contributed by atoms with Crippen LogP contribution in [0.15, 0.2) is 12.3 Å². The number of esters is 1. The fourth-order valence-electron chi connectivity index (χ4n) is 1.20. The molecule has 7 heteroatoms. The second-order valence-electron chi connectivity index (χ2n) is 3.78. The molecular weight excluding hydrogens is 291 g/mol. The van der Waals surface area contributed by atoms with Gasteiger partial charge in [0.25, 0.3) is 5.91 Å². The molecule has 5 nitrogen and oxygen atoms in total. The van der Waals surface area contributed by atoms with Crippen molar-refractivity contribution in [1.82, 2.24) is 10.3 Å². The highest BCUT2D eigenvalue weighted by atomic mass is 35.5. The fourth-order valence-corrected chi connectivity index (χ4v) is 1.47. The Hall–Kier alpha value is -1.33. The van der Waals surface area contributed by atoms with Crippen LogP contribution in [0.1, 0.15) is 30.1 Å². The third-order valence-electron chi connectivity index (χ3n) is 2.22. The molecule has 0 aliphatic heterocycles. The van der Waals surface area contributed by atoms with Gasteiger partial charge in [-0.05, 0) is 12.5 Å². The van der Waals surface area contributed by atoms with Gasteiger partial charge in [-0.1, -0.05) is 36.5 Å². The van der Waals surface area contributed by atoms with E-state index in [1.54, 1.807) is 0 Å². The van der Waals surface area contributed by atoms with Gasteiger partial charge in [0.05, 0.1) is 10.6 Å². The molecular formula is C12H14Cl2N2O3. The van der Waals surface area contributed by atoms with Gasteiger partial charge in [-0.25, -0.2) is 9.78 Å². The van der Waals surface area contributed by atoms with Crippen LogP contribution in [0, 0.1) is 0 Å². The van der Waals surface area contributed by atoms with Crippen LogP contribution in [0.5, 0.6) is 0 Å². The Labute approximate surface area is 121 Å². The molecule has 19 heavy (non-hydrogen) atoms. The van der Waals surface area contributed by atoms with E-state index in [1.807, 2.05) is 6.92 Å². The van der Waals surface area contributed by atoms with Gasteiger partial charge < -0.3 is 10.1 Å². The minimum Gasteiger partial charge on any atom is -0.452 e. The molecule has 0 saturated carbocycles. The number of carbonyl (C=O) groups excluding carboxylic acids is 2. The predicted molar refractivity (Wildman–Crippen MR) is 72.5 cm³/mol. The lowest BCUT2D eigenvalue weighted by atomic mass is 10.3. The van der Waals surface area contributed by atoms with Gasteiger partial charge in [-0.2, -0.15) is 0 Å². The Balaban J connectivity index is 2.42. The molecule has 0 aromatic carbocycles. The number of ether oxygens (including phenoxy) is 1. The Morgan fingerprint density at radius 3 is 2.79 bits per heavy atom. The van der Waals surface area contributed by atoms with Crippen LogP contribution < -0.4 is 5.32 Å². The average Bonchev–Trinajstić information content (AvgIpc) is 2.39. The van der Waals surface area contributed by atoms with Crippen molar-refractivity contribution in [1.29, 1.82) is 0 Å². The zero-order chi connectivity index (χ0) is 14.3. The lowest BCUT2D eigenvalue weighted by molar-refractivity contribution is -0.124. The SMILES string of the molecule is CCCCNC(=O)COC(=O)c1cnc(Cl)c(Cl)c1. The molecule has 0 fully saturated rings. The number of unbranched alkanes of at least 4 members (excludes halogenated alkanes) is 1. The smallest absolute Gasteiger partial charge is 0.340 e. The maximum Gasteiger partial charge on any atom is 0.340 e. The Morgan fingerprint density at radius 2 is 2.16 bits per heavy atom. The van der Waals surface area contributed by atoms with Gasteiger partial charge in [0.1, 0.15) is 5.15 Å². The average molecular weight is 305 g/mol. The molecule has 1 amide bonds. The van der Waals surface area contributed by atoms with Crippen LogP contribution in [-0.2, 0) is 9.53 Å². The molecule has 1 heterocycles. The number of hydrogen-bond acceptors (Lipinski definition) is 4. The second-order valence-corrected chi connectivity index (χ2v) is 4.54. The number of halogens is 2. The number of aromatic nitrogens is 1. The Morgan fingerprint density at radius 1 is 1.42 bits per heavy atom. The third kappa shape index (κ3) is 5.44. The van der Waals surface area contributed by atoms with Crippen molar-refractivity contribution in [2.45, 2.75) is 19.8 Å². The van der Waals surface area contributed by atoms with Gasteiger partial charge in [0.2, 0.25) is 0 Å². The number of rotatable bonds is 6. The van der Waals surface area contributed by atoms with Crippen LogP contribution in [0.25, 0.3) is 0 Å². The summed E-state index contributed by atoms with van der Waals surface area (Å²) in [7, 11) is 0. The summed E-state index contributed by atoms with van der Waals surface area (Å²) < 4.78 is 4.82. The number of carbonyl (C=O) groups is 2. The lowest BCUT2D eigenvalue weighted by Crippen LogP contribution is -2.29. The molecule has 104 valence electrons. The van der Waals surface area contributed by atoms with Crippen molar-refractivity contribution in [2.24, 2.45) is 0 Å². The van der Waals surface area contributed by atoms with Gasteiger partial charge >= 0.3 is 5.97 Å². The van der Waals surface area contributed by atoms with Crippen LogP contribution in [0.2, 0.25) is 10.2 Å². The first kappa shape index (κ1) is 15.7. The van der Waals surface area contributed by atoms with E-state index in [2.05, 4.69) is 10.3 Å². The van der Waals surface area contributed by atoms with E-state index in [4.69, 9.17) is 27.9 Å². The Bertz CT molecular complexity index is 466. The van der Waals surface area contributed by atoms with E-state index >= 15 is 0 Å². The van der Waals surface area contributed by atoms with Crippen LogP contribution in [0.3, 0.4) is 0 Å². The highest BCUT2D eigenvalue weighted by Crippen LogP contribution is 2.19. The van der Waals surface area contributed by atoms with Gasteiger partial charge in [-0.3, -0.25) is 4.79 Å². The third-order valence-corrected chi connectivity index (χ3v) is 2.90. The number of nitrogens with zero attached hydrogens (tertiary/aromatic N) is 1. The zero-order valence-electron chi connectivity index (χ0n) is 10.4. The van der Waals surface area contributed by atoms with Gasteiger partial charge in [0, 0.05) is 12.7 Å². The zero-order valence-corrected chi connectivity index (χ0v) is 11.9. The lowest BCUT2D eigenvalue weighted by Gasteiger charge is -2.06. The normalized spacial score (nSPS) is 10.1. The molecule has 1 aromatic heterocycles. The number of amides is 1. The molecule has 0 aliphatic carbocycles. The largest absolute Gasteiger partial charge is 0.452 e. The topological polar surface area (TPSA) is 68.3 Å². The molecule has 0 aliphatic rings. The second kappa shape index (κ2) is 7.96. The summed E-state index contributed by atoms with van der Waals surface area (Å²) in [6.45, 7) is 2.26. The molecule has 0 unspecified atom stereocenters. The molecule has 0 radical (unpaired) electrons. The monoisotopic (exact) mass is 304 g/mol. The first-order valence-electron chi connectivity index (χ1n) is 5.79. The maximum atomic E-state index is 11.6. The summed E-state index contributed by atoms with van der Waals surface area (Å²) in [6, 6.07) is 1.34. The molecule has 0 atom stereocenters. The van der Waals surface area contributed by atoms with Crippen molar-refractivity contribution in [3.63, 3.8) is 0 Å². The summed E-state index contributed by atoms with van der Waals surface area (Å²) in [5.74, 6) is -1.01. The van der Waals surface area contributed by atoms with E-state index < -0.39 is 5.97 Å². The highest BCUT2D eigenvalue weighted by molar-refractivity contribution is 6.41. The molecule has 0 spiro atoms. The number of pyridine rings is 1. The summed E-state index contributed by atoms with van der Waals surface area (Å²) in [6.07, 6.45) is 3.11. The quantitative estimate of drug-likeness (QED) is 0.498. The first-order valence-corrected chi connectivity index (χ1v) is 6.55. The van der Waals surface area contributed by atoms with E-state index in [9.17, 15) is 9.59 Å². The van der Waals surface area contributed by atoms with E-state index in [1.165, 1.54) is 12.3 Å². The fraction of sp³-hybridized carbons (Fsp3) is 0.417. The van der Waals surface area contributed by atoms with Crippen molar-refractivity contribution in [3.8, 4) is 0 Å². The van der Waals surface area contributed by atoms with Crippen molar-refractivity contribution < 1.29 is 14.3 Å². The van der Waals surface area contributed by atoms with E-state index in [-0.39, 0.29) is 28.3 Å². The molecule has 0 bridgehead atoms. The van der Waals surface area contributed by atoms with Crippen LogP contribution in [0.4, 0.5) is 0 Å². The van der Waals surface area contributed by atoms with Gasteiger partial charge in [-0.15, -0.1) is 0 Å². The van der Waals surface area contributed by atoms with E-state index in [0.29, 0.717) is 6.54 Å². The summed E-state index contributed by atoms with van der Waals surface area (Å²) >= 11 is 11.3. The molecule has 0 saturated heterocycles. The summed E-state index contributed by atoms with van der Waals surface area (Å²) in [4.78, 5) is 26.6. The van der Waals surface area contributed by atoms with Crippen molar-refractivity contribution in [2.75, 3.05) is 13.2 Å². The Kier molecular flexibility index (Phi) is 6.59. The minimum atomic E-state index is -0.670. The molecule has 1 rings (SSSR count). The maximum absolute atomic E-state index is 11.6.